The highest BCUT2D eigenvalue weighted by molar-refractivity contribution is 7.47. The first-order valence-corrected chi connectivity index (χ1v) is 43.1. The number of hydrogen-bond donors (Lipinski definition) is 3. The monoisotopic (exact) mass is 1310 g/mol. The molecule has 0 saturated heterocycles. The lowest BCUT2D eigenvalue weighted by molar-refractivity contribution is -0.870. The van der Waals surface area contributed by atoms with Crippen LogP contribution in [0, 0.1) is 0 Å². The summed E-state index contributed by atoms with van der Waals surface area (Å²) >= 11 is 0. The predicted octanol–water partition coefficient (Wildman–Crippen LogP) is 27.2. The maximum atomic E-state index is 13.1. The molecule has 0 radical (unpaired) electrons. The van der Waals surface area contributed by atoms with Gasteiger partial charge in [0, 0.05) is 6.42 Å². The van der Waals surface area contributed by atoms with Crippen molar-refractivity contribution in [1.82, 2.24) is 5.32 Å². The van der Waals surface area contributed by atoms with E-state index >= 15 is 0 Å². The van der Waals surface area contributed by atoms with Crippen LogP contribution in [0.2, 0.25) is 0 Å². The van der Waals surface area contributed by atoms with Gasteiger partial charge in [0.15, 0.2) is 0 Å². The summed E-state index contributed by atoms with van der Waals surface area (Å²) in [5.74, 6) is -0.165. The minimum Gasteiger partial charge on any atom is -0.387 e. The highest BCUT2D eigenvalue weighted by atomic mass is 31.2. The number of unbranched alkanes of at least 4 members (excludes halogenated alkanes) is 66. The summed E-state index contributed by atoms with van der Waals surface area (Å²) in [5, 5.41) is 14.1. The maximum absolute atomic E-state index is 13.1. The van der Waals surface area contributed by atoms with E-state index < -0.39 is 20.0 Å². The summed E-state index contributed by atoms with van der Waals surface area (Å²) in [7, 11) is 1.60. The van der Waals surface area contributed by atoms with Crippen LogP contribution in [0.1, 0.15) is 457 Å². The van der Waals surface area contributed by atoms with E-state index in [-0.39, 0.29) is 19.1 Å². The second-order valence-electron chi connectivity index (χ2n) is 30.2. The second kappa shape index (κ2) is 73.5. The molecule has 0 saturated carbocycles. The van der Waals surface area contributed by atoms with E-state index in [0.29, 0.717) is 17.4 Å². The summed E-state index contributed by atoms with van der Waals surface area (Å²) in [6.07, 6.45) is 97.2. The zero-order valence-electron chi connectivity index (χ0n) is 62.6. The zero-order valence-corrected chi connectivity index (χ0v) is 63.5. The van der Waals surface area contributed by atoms with E-state index in [1.807, 2.05) is 27.2 Å². The van der Waals surface area contributed by atoms with Crippen LogP contribution in [-0.2, 0) is 18.4 Å². The summed E-state index contributed by atoms with van der Waals surface area (Å²) < 4.78 is 23.9. The Balaban J connectivity index is 3.87. The third-order valence-corrected chi connectivity index (χ3v) is 20.7. The zero-order chi connectivity index (χ0) is 66.2. The number of nitrogens with one attached hydrogen (secondary N) is 1. The van der Waals surface area contributed by atoms with Gasteiger partial charge in [-0.2, -0.15) is 0 Å². The van der Waals surface area contributed by atoms with Crippen molar-refractivity contribution in [3.05, 3.63) is 12.2 Å². The smallest absolute Gasteiger partial charge is 0.387 e. The van der Waals surface area contributed by atoms with Gasteiger partial charge in [-0.1, -0.05) is 443 Å². The van der Waals surface area contributed by atoms with Gasteiger partial charge in [0.2, 0.25) is 5.91 Å². The van der Waals surface area contributed by atoms with Crippen molar-refractivity contribution < 1.29 is 32.9 Å². The lowest BCUT2D eigenvalue weighted by atomic mass is 10.0. The molecule has 3 atom stereocenters. The van der Waals surface area contributed by atoms with E-state index in [1.54, 1.807) is 6.08 Å². The topological polar surface area (TPSA) is 105 Å². The SMILES string of the molecule is CCCCCCCCCCCCCCCCCCCCCCCCCCCC/C=C/C(O)C(COP(=O)(O)OCC[N+](C)(C)C)NC(=O)CCCCCCCCCCCCCCCCCCCCCCCCCCCCCCCCCCCCCCCCCCC. The van der Waals surface area contributed by atoms with Crippen molar-refractivity contribution in [3.8, 4) is 0 Å². The molecule has 0 heterocycles. The number of quaternary nitrogens is 1. The van der Waals surface area contributed by atoms with E-state index in [1.165, 1.54) is 405 Å². The Labute approximate surface area is 571 Å². The lowest BCUT2D eigenvalue weighted by Gasteiger charge is -2.25. The number of carbonyl (C=O) groups excluding carboxylic acids is 1. The van der Waals surface area contributed by atoms with Crippen LogP contribution >= 0.6 is 7.82 Å². The summed E-state index contributed by atoms with van der Waals surface area (Å²) in [4.78, 5) is 23.5. The van der Waals surface area contributed by atoms with Crippen LogP contribution < -0.4 is 5.32 Å². The Morgan fingerprint density at radius 2 is 0.582 bits per heavy atom. The highest BCUT2D eigenvalue weighted by Gasteiger charge is 2.28. The number of aliphatic hydroxyl groups excluding tert-OH is 1. The number of likely N-dealkylation sites (N-methyl/N-ethyl adjacent to an activating group) is 1. The molecule has 0 aliphatic rings. The average Bonchev–Trinajstić information content (AvgIpc) is 3.73. The number of allylic oxidation sites excluding steroid dienone is 1. The molecule has 0 spiro atoms. The standard InChI is InChI=1S/C82H165N2O6P/c1-6-8-10-12-14-16-18-20-22-24-26-28-30-32-34-36-37-38-39-40-41-42-43-44-45-46-47-48-50-52-54-56-58-60-62-64-66-68-70-72-74-76-82(86)83-80(79-90-91(87,88)89-78-77-84(3,4)5)81(85)75-73-71-69-67-65-63-61-59-57-55-53-51-49-35-33-31-29-27-25-23-21-19-17-15-13-11-9-7-2/h73,75,80-81,85H,6-72,74,76-79H2,1-5H3,(H-,83,86,87,88)/p+1/b75-73+. The Morgan fingerprint density at radius 3 is 0.813 bits per heavy atom. The number of carbonyl (C=O) groups is 1. The molecular weight excluding hydrogens is 1140 g/mol. The molecule has 0 fully saturated rings. The first kappa shape index (κ1) is 90.2. The number of amides is 1. The fourth-order valence-electron chi connectivity index (χ4n) is 13.3. The molecule has 0 aromatic rings. The van der Waals surface area contributed by atoms with Crippen molar-refractivity contribution in [2.75, 3.05) is 40.9 Å². The number of rotatable bonds is 79. The maximum Gasteiger partial charge on any atom is 0.472 e. The molecule has 3 N–H and O–H groups in total. The van der Waals surface area contributed by atoms with Crippen LogP contribution in [0.3, 0.4) is 0 Å². The van der Waals surface area contributed by atoms with E-state index in [4.69, 9.17) is 9.05 Å². The summed E-state index contributed by atoms with van der Waals surface area (Å²) in [6, 6.07) is -0.845. The average molecular weight is 1310 g/mol. The van der Waals surface area contributed by atoms with E-state index in [9.17, 15) is 19.4 Å². The van der Waals surface area contributed by atoms with Gasteiger partial charge < -0.3 is 19.8 Å². The molecule has 0 aromatic heterocycles. The van der Waals surface area contributed by atoms with Crippen LogP contribution in [-0.4, -0.2) is 73.4 Å². The summed E-state index contributed by atoms with van der Waals surface area (Å²) in [6.45, 7) is 4.90. The van der Waals surface area contributed by atoms with E-state index in [2.05, 4.69) is 19.2 Å². The molecule has 1 amide bonds. The van der Waals surface area contributed by atoms with Crippen molar-refractivity contribution in [1.29, 1.82) is 0 Å². The Bertz CT molecular complexity index is 1490. The molecule has 0 bridgehead atoms. The number of phosphoric ester groups is 1. The number of aliphatic hydroxyl groups is 1. The van der Waals surface area contributed by atoms with Crippen LogP contribution in [0.25, 0.3) is 0 Å². The van der Waals surface area contributed by atoms with Crippen molar-refractivity contribution in [2.45, 2.75) is 469 Å². The van der Waals surface area contributed by atoms with Gasteiger partial charge in [-0.25, -0.2) is 4.57 Å². The van der Waals surface area contributed by atoms with Crippen molar-refractivity contribution in [3.63, 3.8) is 0 Å². The quantitative estimate of drug-likeness (QED) is 0.0243. The molecule has 8 nitrogen and oxygen atoms in total. The molecule has 0 aliphatic carbocycles. The van der Waals surface area contributed by atoms with Crippen LogP contribution in [0.5, 0.6) is 0 Å². The fraction of sp³-hybridized carbons (Fsp3) is 0.963. The number of phosphoric acid groups is 1. The minimum atomic E-state index is -4.35. The molecule has 91 heavy (non-hydrogen) atoms. The van der Waals surface area contributed by atoms with Gasteiger partial charge >= 0.3 is 7.82 Å². The predicted molar refractivity (Wildman–Crippen MR) is 402 cm³/mol. The number of hydrogen-bond acceptors (Lipinski definition) is 5. The minimum absolute atomic E-state index is 0.0657. The largest absolute Gasteiger partial charge is 0.472 e. The van der Waals surface area contributed by atoms with Gasteiger partial charge in [0.25, 0.3) is 0 Å². The first-order chi connectivity index (χ1) is 44.5. The molecule has 0 aromatic carbocycles. The molecule has 0 aliphatic heterocycles. The molecule has 3 unspecified atom stereocenters. The normalized spacial score (nSPS) is 13.4. The van der Waals surface area contributed by atoms with Gasteiger partial charge in [-0.3, -0.25) is 13.8 Å². The summed E-state index contributed by atoms with van der Waals surface area (Å²) in [5.41, 5.74) is 0. The third-order valence-electron chi connectivity index (χ3n) is 19.8. The second-order valence-corrected chi connectivity index (χ2v) is 31.7. The Kier molecular flexibility index (Phi) is 72.9. The third kappa shape index (κ3) is 76.5. The Hall–Kier alpha value is -0.760. The number of nitrogens with zero attached hydrogens (tertiary/aromatic N) is 1. The van der Waals surface area contributed by atoms with Crippen molar-refractivity contribution >= 4 is 13.7 Å². The fourth-order valence-corrected chi connectivity index (χ4v) is 14.1. The lowest BCUT2D eigenvalue weighted by Crippen LogP contribution is -2.45. The van der Waals surface area contributed by atoms with Crippen LogP contribution in [0.4, 0.5) is 0 Å². The first-order valence-electron chi connectivity index (χ1n) is 41.6. The van der Waals surface area contributed by atoms with Gasteiger partial charge in [0.05, 0.1) is 39.9 Å². The van der Waals surface area contributed by atoms with Gasteiger partial charge in [-0.05, 0) is 19.3 Å². The van der Waals surface area contributed by atoms with Gasteiger partial charge in [-0.15, -0.1) is 0 Å². The highest BCUT2D eigenvalue weighted by Crippen LogP contribution is 2.43. The molecule has 0 rings (SSSR count). The molecule has 544 valence electrons. The molecular formula is C82H166N2O6P+. The van der Waals surface area contributed by atoms with E-state index in [0.717, 1.165) is 32.1 Å². The van der Waals surface area contributed by atoms with Crippen molar-refractivity contribution in [2.24, 2.45) is 0 Å². The van der Waals surface area contributed by atoms with Gasteiger partial charge in [0.1, 0.15) is 13.2 Å². The van der Waals surface area contributed by atoms with Crippen LogP contribution in [0.15, 0.2) is 12.2 Å². The Morgan fingerprint density at radius 1 is 0.363 bits per heavy atom. The molecule has 9 heteroatoms.